The highest BCUT2D eigenvalue weighted by Crippen LogP contribution is 2.28. The van der Waals surface area contributed by atoms with Crippen molar-refractivity contribution in [3.8, 4) is 0 Å². The number of hydrogen-bond donors (Lipinski definition) is 1. The van der Waals surface area contributed by atoms with Crippen LogP contribution in [-0.2, 0) is 6.42 Å². The molecule has 0 atom stereocenters. The molecule has 3 aromatic rings. The Morgan fingerprint density at radius 3 is 2.37 bits per heavy atom. The van der Waals surface area contributed by atoms with Gasteiger partial charge in [0.2, 0.25) is 0 Å². The predicted octanol–water partition coefficient (Wildman–Crippen LogP) is 4.68. The van der Waals surface area contributed by atoms with Crippen LogP contribution in [0.25, 0.3) is 10.9 Å². The fourth-order valence-corrected chi connectivity index (χ4v) is 2.72. The van der Waals surface area contributed by atoms with E-state index in [0.29, 0.717) is 0 Å². The van der Waals surface area contributed by atoms with Crippen LogP contribution in [0, 0.1) is 20.8 Å². The van der Waals surface area contributed by atoms with Gasteiger partial charge in [-0.15, -0.1) is 0 Å². The van der Waals surface area contributed by atoms with Gasteiger partial charge < -0.3 is 4.98 Å². The summed E-state index contributed by atoms with van der Waals surface area (Å²) < 4.78 is 0. The van der Waals surface area contributed by atoms with Crippen LogP contribution in [0.3, 0.4) is 0 Å². The second-order valence-electron chi connectivity index (χ2n) is 5.32. The van der Waals surface area contributed by atoms with Gasteiger partial charge in [-0.2, -0.15) is 0 Å². The Bertz CT molecular complexity index is 720. The van der Waals surface area contributed by atoms with E-state index < -0.39 is 0 Å². The molecule has 0 saturated carbocycles. The SMILES string of the molecule is Cc1ccc2c(Cc3ccccc3)c(C)[nH]c2c1C. The lowest BCUT2D eigenvalue weighted by Gasteiger charge is -2.04. The second-order valence-corrected chi connectivity index (χ2v) is 5.32. The molecule has 0 unspecified atom stereocenters. The van der Waals surface area contributed by atoms with Crippen molar-refractivity contribution in [2.45, 2.75) is 27.2 Å². The smallest absolute Gasteiger partial charge is 0.0491 e. The summed E-state index contributed by atoms with van der Waals surface area (Å²) in [5.41, 5.74) is 8.07. The number of rotatable bonds is 2. The van der Waals surface area contributed by atoms with E-state index in [4.69, 9.17) is 0 Å². The summed E-state index contributed by atoms with van der Waals surface area (Å²) in [6, 6.07) is 15.1. The molecule has 0 saturated heterocycles. The van der Waals surface area contributed by atoms with Gasteiger partial charge in [0.15, 0.2) is 0 Å². The summed E-state index contributed by atoms with van der Waals surface area (Å²) in [6.45, 7) is 6.54. The van der Waals surface area contributed by atoms with E-state index >= 15 is 0 Å². The lowest BCUT2D eigenvalue weighted by atomic mass is 9.99. The molecule has 0 radical (unpaired) electrons. The largest absolute Gasteiger partial charge is 0.358 e. The summed E-state index contributed by atoms with van der Waals surface area (Å²) in [5.74, 6) is 0. The van der Waals surface area contributed by atoms with Crippen molar-refractivity contribution in [1.29, 1.82) is 0 Å². The van der Waals surface area contributed by atoms with E-state index in [0.717, 1.165) is 6.42 Å². The molecule has 0 aliphatic heterocycles. The molecule has 0 amide bonds. The molecule has 3 rings (SSSR count). The van der Waals surface area contributed by atoms with Crippen LogP contribution in [0.5, 0.6) is 0 Å². The van der Waals surface area contributed by atoms with Crippen LogP contribution in [0.15, 0.2) is 42.5 Å². The van der Waals surface area contributed by atoms with Gasteiger partial charge >= 0.3 is 0 Å². The topological polar surface area (TPSA) is 15.8 Å². The van der Waals surface area contributed by atoms with E-state index in [-0.39, 0.29) is 0 Å². The minimum atomic E-state index is 0.995. The molecule has 0 aliphatic carbocycles. The maximum Gasteiger partial charge on any atom is 0.0491 e. The normalized spacial score (nSPS) is 11.1. The summed E-state index contributed by atoms with van der Waals surface area (Å²) in [6.07, 6.45) is 0.995. The molecular formula is C18H19N. The second kappa shape index (κ2) is 4.58. The first-order chi connectivity index (χ1) is 9.16. The summed E-state index contributed by atoms with van der Waals surface area (Å²) in [7, 11) is 0. The van der Waals surface area contributed by atoms with E-state index in [1.54, 1.807) is 0 Å². The van der Waals surface area contributed by atoms with Gasteiger partial charge in [-0.25, -0.2) is 0 Å². The van der Waals surface area contributed by atoms with Gasteiger partial charge in [-0.1, -0.05) is 42.5 Å². The first-order valence-corrected chi connectivity index (χ1v) is 6.78. The Labute approximate surface area is 114 Å². The quantitative estimate of drug-likeness (QED) is 0.678. The van der Waals surface area contributed by atoms with E-state index in [1.807, 2.05) is 0 Å². The van der Waals surface area contributed by atoms with E-state index in [1.165, 1.54) is 38.9 Å². The minimum Gasteiger partial charge on any atom is -0.358 e. The number of benzene rings is 2. The van der Waals surface area contributed by atoms with E-state index in [2.05, 4.69) is 68.2 Å². The van der Waals surface area contributed by atoms with Crippen LogP contribution in [-0.4, -0.2) is 4.98 Å². The molecule has 0 aliphatic rings. The number of aryl methyl sites for hydroxylation is 3. The van der Waals surface area contributed by atoms with Gasteiger partial charge in [-0.3, -0.25) is 0 Å². The number of aromatic nitrogens is 1. The van der Waals surface area contributed by atoms with Gasteiger partial charge in [0.1, 0.15) is 0 Å². The molecule has 0 fully saturated rings. The molecule has 1 N–H and O–H groups in total. The Kier molecular flexibility index (Phi) is 2.90. The van der Waals surface area contributed by atoms with Crippen LogP contribution in [0.2, 0.25) is 0 Å². The van der Waals surface area contributed by atoms with E-state index in [9.17, 15) is 0 Å². The molecule has 1 aromatic heterocycles. The van der Waals surface area contributed by atoms with Crippen LogP contribution >= 0.6 is 0 Å². The first-order valence-electron chi connectivity index (χ1n) is 6.78. The maximum atomic E-state index is 3.56. The summed E-state index contributed by atoms with van der Waals surface area (Å²) >= 11 is 0. The average molecular weight is 249 g/mol. The lowest BCUT2D eigenvalue weighted by Crippen LogP contribution is -1.89. The van der Waals surface area contributed by atoms with Crippen molar-refractivity contribution >= 4 is 10.9 Å². The standard InChI is InChI=1S/C18H19N/c1-12-9-10-16-17(11-15-7-5-4-6-8-15)14(3)19-18(16)13(12)2/h4-10,19H,11H2,1-3H3. The Morgan fingerprint density at radius 2 is 1.63 bits per heavy atom. The monoisotopic (exact) mass is 249 g/mol. The predicted molar refractivity (Wildman–Crippen MR) is 81.8 cm³/mol. The van der Waals surface area contributed by atoms with Crippen molar-refractivity contribution in [2.24, 2.45) is 0 Å². The molecule has 19 heavy (non-hydrogen) atoms. The molecule has 1 nitrogen and oxygen atoms in total. The summed E-state index contributed by atoms with van der Waals surface area (Å²) in [4.78, 5) is 3.56. The fraction of sp³-hybridized carbons (Fsp3) is 0.222. The third-order valence-electron chi connectivity index (χ3n) is 4.05. The number of H-pyrrole nitrogens is 1. The molecule has 1 heteroatoms. The van der Waals surface area contributed by atoms with Crippen LogP contribution in [0.1, 0.15) is 27.9 Å². The van der Waals surface area contributed by atoms with Gasteiger partial charge in [0, 0.05) is 16.6 Å². The number of fused-ring (bicyclic) bond motifs is 1. The highest BCUT2D eigenvalue weighted by atomic mass is 14.7. The average Bonchev–Trinajstić information content (AvgIpc) is 2.73. The highest BCUT2D eigenvalue weighted by molar-refractivity contribution is 5.88. The van der Waals surface area contributed by atoms with Gasteiger partial charge in [0.25, 0.3) is 0 Å². The zero-order valence-corrected chi connectivity index (χ0v) is 11.7. The molecular weight excluding hydrogens is 230 g/mol. The van der Waals surface area contributed by atoms with Crippen molar-refractivity contribution in [1.82, 2.24) is 4.98 Å². The van der Waals surface area contributed by atoms with Crippen molar-refractivity contribution < 1.29 is 0 Å². The van der Waals surface area contributed by atoms with Gasteiger partial charge in [-0.05, 0) is 49.4 Å². The Balaban J connectivity index is 2.14. The maximum absolute atomic E-state index is 3.56. The molecule has 1 heterocycles. The summed E-state index contributed by atoms with van der Waals surface area (Å²) in [5, 5.41) is 1.37. The molecule has 2 aromatic carbocycles. The Morgan fingerprint density at radius 1 is 0.895 bits per heavy atom. The lowest BCUT2D eigenvalue weighted by molar-refractivity contribution is 1.15. The number of hydrogen-bond acceptors (Lipinski definition) is 0. The molecule has 96 valence electrons. The third-order valence-corrected chi connectivity index (χ3v) is 4.05. The molecule has 0 bridgehead atoms. The third kappa shape index (κ3) is 2.06. The van der Waals surface area contributed by atoms with Gasteiger partial charge in [0.05, 0.1) is 0 Å². The highest BCUT2D eigenvalue weighted by Gasteiger charge is 2.11. The number of nitrogens with one attached hydrogen (secondary N) is 1. The van der Waals surface area contributed by atoms with Crippen molar-refractivity contribution in [2.75, 3.05) is 0 Å². The van der Waals surface area contributed by atoms with Crippen molar-refractivity contribution in [3.63, 3.8) is 0 Å². The number of aromatic amines is 1. The minimum absolute atomic E-state index is 0.995. The zero-order valence-electron chi connectivity index (χ0n) is 11.7. The van der Waals surface area contributed by atoms with Crippen LogP contribution < -0.4 is 0 Å². The fourth-order valence-electron chi connectivity index (χ4n) is 2.72. The Hall–Kier alpha value is -2.02. The van der Waals surface area contributed by atoms with Crippen molar-refractivity contribution in [3.05, 3.63) is 70.4 Å². The van der Waals surface area contributed by atoms with Crippen LogP contribution in [0.4, 0.5) is 0 Å². The zero-order chi connectivity index (χ0) is 13.4. The molecule has 0 spiro atoms. The first kappa shape index (κ1) is 12.0.